The van der Waals surface area contributed by atoms with Gasteiger partial charge in [-0.25, -0.2) is 44.7 Å². The van der Waals surface area contributed by atoms with Crippen LogP contribution in [0.3, 0.4) is 0 Å². The van der Waals surface area contributed by atoms with E-state index in [4.69, 9.17) is 35.5 Å². The van der Waals surface area contributed by atoms with Gasteiger partial charge in [0.1, 0.15) is 29.5 Å². The Morgan fingerprint density at radius 2 is 0.829 bits per heavy atom. The van der Waals surface area contributed by atoms with Gasteiger partial charge in [0, 0.05) is 90.1 Å². The highest BCUT2D eigenvalue weighted by Gasteiger charge is 2.51. The van der Waals surface area contributed by atoms with Gasteiger partial charge in [-0.15, -0.1) is 0 Å². The SMILES string of the molecule is CC(C)(C)OC(=O)C[C@@H]1[C@@H](O)CCCC1(F)F.CC(C)N1CCN(C(=O)O[C@H]2CCCC(F)(F)[C@@H]2CC(=O)OC(C)(C)C)CC1.CC(C)N1CCN(C(=O)O[C@H]2CCCC(F)(F)[C@@H]2N)CC1.N[C@@H]1[C@@H](O)CCCC1(F)F. The first-order chi connectivity index (χ1) is 34.9. The molecular formula is C52H90F8N6O10. The number of hydrogen-bond donors (Lipinski definition) is 4. The summed E-state index contributed by atoms with van der Waals surface area (Å²) in [4.78, 5) is 55.9. The van der Waals surface area contributed by atoms with E-state index in [1.807, 2.05) is 0 Å². The first-order valence-electron chi connectivity index (χ1n) is 27.1. The smallest absolute Gasteiger partial charge is 0.410 e. The van der Waals surface area contributed by atoms with Gasteiger partial charge in [-0.2, -0.15) is 0 Å². The summed E-state index contributed by atoms with van der Waals surface area (Å²) in [6, 6.07) is -1.92. The first-order valence-corrected chi connectivity index (χ1v) is 27.1. The van der Waals surface area contributed by atoms with Gasteiger partial charge in [0.2, 0.25) is 0 Å². The van der Waals surface area contributed by atoms with Crippen molar-refractivity contribution in [3.05, 3.63) is 0 Å². The molecule has 24 heteroatoms. The van der Waals surface area contributed by atoms with Crippen LogP contribution < -0.4 is 11.5 Å². The molecule has 6 rings (SSSR count). The van der Waals surface area contributed by atoms with Crippen molar-refractivity contribution in [3.8, 4) is 0 Å². The van der Waals surface area contributed by atoms with Crippen LogP contribution in [0.25, 0.3) is 0 Å². The average Bonchev–Trinajstić information content (AvgIpc) is 3.29. The van der Waals surface area contributed by atoms with Crippen molar-refractivity contribution < 1.29 is 83.5 Å². The van der Waals surface area contributed by atoms with Crippen LogP contribution in [0.4, 0.5) is 44.7 Å². The van der Waals surface area contributed by atoms with Crippen LogP contribution in [0.2, 0.25) is 0 Å². The van der Waals surface area contributed by atoms with Gasteiger partial charge in [-0.1, -0.05) is 0 Å². The second-order valence-corrected chi connectivity index (χ2v) is 23.7. The van der Waals surface area contributed by atoms with E-state index in [1.54, 1.807) is 51.3 Å². The molecule has 2 amide bonds. The zero-order valence-electron chi connectivity index (χ0n) is 46.5. The lowest BCUT2D eigenvalue weighted by molar-refractivity contribution is -0.172. The largest absolute Gasteiger partial charge is 0.460 e. The van der Waals surface area contributed by atoms with Crippen LogP contribution in [0.1, 0.15) is 159 Å². The number of hydrogen-bond acceptors (Lipinski definition) is 14. The Kier molecular flexibility index (Phi) is 24.8. The molecule has 0 spiro atoms. The molecule has 8 atom stereocenters. The second kappa shape index (κ2) is 28.2. The van der Waals surface area contributed by atoms with Gasteiger partial charge < -0.3 is 50.4 Å². The average molecular weight is 1110 g/mol. The number of carbonyl (C=O) groups excluding carboxylic acids is 4. The number of aliphatic hydroxyl groups is 2. The Bertz CT molecular complexity index is 1830. The molecule has 0 radical (unpaired) electrons. The topological polar surface area (TPSA) is 211 Å². The number of piperazine rings is 2. The number of alkyl halides is 8. The third-order valence-corrected chi connectivity index (χ3v) is 14.5. The molecule has 0 aromatic heterocycles. The second-order valence-electron chi connectivity index (χ2n) is 23.7. The van der Waals surface area contributed by atoms with Gasteiger partial charge in [-0.05, 0) is 121 Å². The summed E-state index contributed by atoms with van der Waals surface area (Å²) in [6.07, 6.45) is -4.25. The third kappa shape index (κ3) is 21.4. The molecule has 0 aromatic rings. The molecule has 6 fully saturated rings. The number of ether oxygens (including phenoxy) is 4. The van der Waals surface area contributed by atoms with Crippen LogP contribution in [0.15, 0.2) is 0 Å². The van der Waals surface area contributed by atoms with Crippen molar-refractivity contribution in [1.29, 1.82) is 0 Å². The summed E-state index contributed by atoms with van der Waals surface area (Å²) < 4.78 is 129. The van der Waals surface area contributed by atoms with E-state index in [2.05, 4.69) is 37.5 Å². The summed E-state index contributed by atoms with van der Waals surface area (Å²) in [5.74, 6) is -15.9. The molecule has 6 aliphatic rings. The van der Waals surface area contributed by atoms with Gasteiger partial charge in [-0.3, -0.25) is 19.4 Å². The van der Waals surface area contributed by atoms with Crippen molar-refractivity contribution >= 4 is 24.1 Å². The number of rotatable bonds is 8. The van der Waals surface area contributed by atoms with E-state index in [9.17, 15) is 59.4 Å². The number of nitrogens with zero attached hydrogens (tertiary/aromatic N) is 4. The highest BCUT2D eigenvalue weighted by atomic mass is 19.3. The zero-order chi connectivity index (χ0) is 57.8. The molecule has 76 heavy (non-hydrogen) atoms. The van der Waals surface area contributed by atoms with E-state index in [-0.39, 0.29) is 32.1 Å². The van der Waals surface area contributed by atoms with Gasteiger partial charge >= 0.3 is 24.1 Å². The van der Waals surface area contributed by atoms with E-state index in [0.29, 0.717) is 83.2 Å². The van der Waals surface area contributed by atoms with Crippen LogP contribution in [0.5, 0.6) is 0 Å². The lowest BCUT2D eigenvalue weighted by atomic mass is 9.81. The summed E-state index contributed by atoms with van der Waals surface area (Å²) in [5.41, 5.74) is 9.16. The zero-order valence-corrected chi connectivity index (χ0v) is 46.5. The minimum Gasteiger partial charge on any atom is -0.460 e. The Hall–Kier alpha value is -3.32. The van der Waals surface area contributed by atoms with E-state index >= 15 is 0 Å². The van der Waals surface area contributed by atoms with Crippen molar-refractivity contribution in [2.24, 2.45) is 23.3 Å². The number of aliphatic hydroxyl groups excluding tert-OH is 2. The maximum absolute atomic E-state index is 14.5. The lowest BCUT2D eigenvalue weighted by Gasteiger charge is -2.40. The van der Waals surface area contributed by atoms with Crippen molar-refractivity contribution in [1.82, 2.24) is 19.6 Å². The molecule has 0 bridgehead atoms. The Morgan fingerprint density at radius 1 is 0.500 bits per heavy atom. The molecule has 444 valence electrons. The first kappa shape index (κ1) is 67.0. The van der Waals surface area contributed by atoms with Gasteiger partial charge in [0.05, 0.1) is 42.9 Å². The van der Waals surface area contributed by atoms with Crippen LogP contribution in [0, 0.1) is 11.8 Å². The number of esters is 2. The number of halogens is 8. The quantitative estimate of drug-likeness (QED) is 0.102. The standard InChI is InChI=1S/C20H34F2N2O4.C14H25F2N3O2.C12H20F2O3.C6H11F2NO/c1-14(2)23-9-11-24(12-10-23)18(26)27-16-7-6-8-20(21,22)15(16)13-17(25)28-19(3,4)5;1-10(2)18-6-8-19(9-7-18)13(20)21-11-4-3-5-14(15,16)12(11)17;1-11(2,3)17-10(16)7-8-9(15)5-4-6-12(8,13)14;7-6(8)3-1-2-4(10)5(6)9/h14-16H,6-13H2,1-5H3;10-12H,3-9,17H2,1-2H3;8-9,15H,4-7H2,1-3H3;4-5,10H,1-3,9H2/t15-,16+;11-,12+;8-,9+;4-,5+/m1010/s1. The molecular weight excluding hydrogens is 1020 g/mol. The summed E-state index contributed by atoms with van der Waals surface area (Å²) in [5, 5.41) is 18.5. The fraction of sp³-hybridized carbons (Fsp3) is 0.923. The number of amides is 2. The fourth-order valence-corrected chi connectivity index (χ4v) is 9.96. The lowest BCUT2D eigenvalue weighted by Crippen LogP contribution is -2.56. The molecule has 16 nitrogen and oxygen atoms in total. The molecule has 0 aromatic carbocycles. The number of carbonyl (C=O) groups is 4. The summed E-state index contributed by atoms with van der Waals surface area (Å²) in [6.45, 7) is 23.7. The molecule has 4 saturated carbocycles. The summed E-state index contributed by atoms with van der Waals surface area (Å²) >= 11 is 0. The normalized spacial score (nSPS) is 29.7. The predicted molar refractivity (Wildman–Crippen MR) is 268 cm³/mol. The monoisotopic (exact) mass is 1110 g/mol. The van der Waals surface area contributed by atoms with Crippen LogP contribution in [-0.4, -0.2) is 190 Å². The maximum Gasteiger partial charge on any atom is 0.410 e. The minimum absolute atomic E-state index is 0.189. The van der Waals surface area contributed by atoms with E-state index in [1.165, 1.54) is 0 Å². The Balaban J connectivity index is 0.000000282. The highest BCUT2D eigenvalue weighted by molar-refractivity contribution is 5.71. The highest BCUT2D eigenvalue weighted by Crippen LogP contribution is 2.43. The molecule has 2 saturated heterocycles. The van der Waals surface area contributed by atoms with E-state index in [0.717, 1.165) is 26.2 Å². The Morgan fingerprint density at radius 3 is 1.20 bits per heavy atom. The van der Waals surface area contributed by atoms with Crippen molar-refractivity contribution in [2.45, 2.75) is 243 Å². The number of nitrogens with two attached hydrogens (primary N) is 2. The molecule has 4 aliphatic carbocycles. The Labute approximate surface area is 444 Å². The van der Waals surface area contributed by atoms with Crippen molar-refractivity contribution in [2.75, 3.05) is 52.4 Å². The molecule has 0 unspecified atom stereocenters. The third-order valence-electron chi connectivity index (χ3n) is 14.5. The summed E-state index contributed by atoms with van der Waals surface area (Å²) in [7, 11) is 0. The molecule has 6 N–H and O–H groups in total. The van der Waals surface area contributed by atoms with Crippen LogP contribution >= 0.6 is 0 Å². The molecule has 2 heterocycles. The van der Waals surface area contributed by atoms with Gasteiger partial charge in [0.25, 0.3) is 23.7 Å². The predicted octanol–water partition coefficient (Wildman–Crippen LogP) is 8.36. The van der Waals surface area contributed by atoms with E-state index < -0.39 is 120 Å². The van der Waals surface area contributed by atoms with Crippen LogP contribution in [-0.2, 0) is 28.5 Å². The van der Waals surface area contributed by atoms with Crippen molar-refractivity contribution in [3.63, 3.8) is 0 Å². The minimum atomic E-state index is -3.06. The molecule has 2 aliphatic heterocycles. The fourth-order valence-electron chi connectivity index (χ4n) is 9.96. The van der Waals surface area contributed by atoms with Gasteiger partial charge in [0.15, 0.2) is 0 Å². The maximum atomic E-state index is 14.5.